The number of likely N-dealkylation sites (tertiary alicyclic amines) is 1. The van der Waals surface area contributed by atoms with Crippen LogP contribution in [0.3, 0.4) is 0 Å². The van der Waals surface area contributed by atoms with Crippen LogP contribution in [-0.4, -0.2) is 60.5 Å². The predicted octanol–water partition coefficient (Wildman–Crippen LogP) is 2.19. The molecule has 0 radical (unpaired) electrons. The lowest BCUT2D eigenvalue weighted by molar-refractivity contribution is 0.0781. The molecule has 5 nitrogen and oxygen atoms in total. The van der Waals surface area contributed by atoms with Gasteiger partial charge in [0.15, 0.2) is 0 Å². The Morgan fingerprint density at radius 3 is 2.76 bits per heavy atom. The van der Waals surface area contributed by atoms with Crippen LogP contribution >= 0.6 is 11.6 Å². The highest BCUT2D eigenvalue weighted by Gasteiger charge is 2.34. The number of anilines is 1. The van der Waals surface area contributed by atoms with E-state index >= 15 is 0 Å². The second-order valence-electron chi connectivity index (χ2n) is 5.81. The first-order valence-electron chi connectivity index (χ1n) is 7.29. The molecule has 1 aromatic heterocycles. The molecule has 116 valence electrons. The lowest BCUT2D eigenvalue weighted by Gasteiger charge is -2.22. The lowest BCUT2D eigenvalue weighted by Crippen LogP contribution is -2.35. The van der Waals surface area contributed by atoms with Crippen LogP contribution in [-0.2, 0) is 0 Å². The molecule has 2 heterocycles. The Bertz CT molecular complexity index is 520. The Balaban J connectivity index is 2.17. The second kappa shape index (κ2) is 6.62. The third-order valence-electron chi connectivity index (χ3n) is 3.92. The summed E-state index contributed by atoms with van der Waals surface area (Å²) in [5, 5.41) is 3.44. The van der Waals surface area contributed by atoms with Crippen LogP contribution in [0.25, 0.3) is 0 Å². The van der Waals surface area contributed by atoms with E-state index in [4.69, 9.17) is 11.6 Å². The number of amides is 1. The molecule has 2 unspecified atom stereocenters. The van der Waals surface area contributed by atoms with Gasteiger partial charge in [-0.15, -0.1) is 0 Å². The number of aromatic nitrogens is 1. The average molecular weight is 311 g/mol. The van der Waals surface area contributed by atoms with Crippen molar-refractivity contribution in [3.8, 4) is 0 Å². The fourth-order valence-electron chi connectivity index (χ4n) is 2.86. The fourth-order valence-corrected chi connectivity index (χ4v) is 3.07. The normalized spacial score (nSPS) is 21.9. The van der Waals surface area contributed by atoms with Crippen molar-refractivity contribution in [2.75, 3.05) is 39.0 Å². The smallest absolute Gasteiger partial charge is 0.254 e. The van der Waals surface area contributed by atoms with Gasteiger partial charge in [-0.25, -0.2) is 4.98 Å². The number of pyridine rings is 1. The summed E-state index contributed by atoms with van der Waals surface area (Å²) in [7, 11) is 4.11. The number of nitrogens with one attached hydrogen (secondary N) is 1. The summed E-state index contributed by atoms with van der Waals surface area (Å²) in [6.07, 6.45) is 0. The van der Waals surface area contributed by atoms with Gasteiger partial charge in [-0.05, 0) is 39.1 Å². The summed E-state index contributed by atoms with van der Waals surface area (Å²) >= 11 is 6.01. The maximum absolute atomic E-state index is 12.7. The molecule has 2 atom stereocenters. The third kappa shape index (κ3) is 3.66. The van der Waals surface area contributed by atoms with Crippen LogP contribution in [0.15, 0.2) is 12.1 Å². The number of carbonyl (C=O) groups excluding carboxylic acids is 1. The van der Waals surface area contributed by atoms with E-state index in [0.717, 1.165) is 19.6 Å². The van der Waals surface area contributed by atoms with E-state index in [1.807, 2.05) is 11.8 Å². The molecule has 1 aliphatic rings. The molecular weight excluding hydrogens is 288 g/mol. The highest BCUT2D eigenvalue weighted by Crippen LogP contribution is 2.23. The minimum Gasteiger partial charge on any atom is -0.370 e. The van der Waals surface area contributed by atoms with E-state index in [-0.39, 0.29) is 5.91 Å². The number of hydrogen-bond donors (Lipinski definition) is 1. The van der Waals surface area contributed by atoms with E-state index in [1.165, 1.54) is 0 Å². The number of nitrogens with zero attached hydrogens (tertiary/aromatic N) is 3. The van der Waals surface area contributed by atoms with Gasteiger partial charge in [0.25, 0.3) is 5.91 Å². The van der Waals surface area contributed by atoms with Crippen molar-refractivity contribution < 1.29 is 4.79 Å². The minimum absolute atomic E-state index is 0.0228. The monoisotopic (exact) mass is 310 g/mol. The Morgan fingerprint density at radius 1 is 1.48 bits per heavy atom. The van der Waals surface area contributed by atoms with Gasteiger partial charge in [-0.2, -0.15) is 0 Å². The zero-order valence-corrected chi connectivity index (χ0v) is 13.8. The summed E-state index contributed by atoms with van der Waals surface area (Å²) in [6, 6.07) is 3.81. The van der Waals surface area contributed by atoms with Gasteiger partial charge in [-0.1, -0.05) is 18.5 Å². The molecule has 21 heavy (non-hydrogen) atoms. The minimum atomic E-state index is 0.0228. The Morgan fingerprint density at radius 2 is 2.19 bits per heavy atom. The SMILES string of the molecule is CCNc1cc(C(=O)N2CC(C)C(N(C)C)C2)cc(Cl)n1. The summed E-state index contributed by atoms with van der Waals surface area (Å²) < 4.78 is 0. The van der Waals surface area contributed by atoms with Gasteiger partial charge < -0.3 is 15.1 Å². The van der Waals surface area contributed by atoms with Gasteiger partial charge >= 0.3 is 0 Å². The molecule has 0 aromatic carbocycles. The quantitative estimate of drug-likeness (QED) is 0.866. The van der Waals surface area contributed by atoms with Gasteiger partial charge in [0, 0.05) is 31.2 Å². The van der Waals surface area contributed by atoms with Gasteiger partial charge in [0.05, 0.1) is 0 Å². The van der Waals surface area contributed by atoms with E-state index < -0.39 is 0 Å². The van der Waals surface area contributed by atoms with Crippen molar-refractivity contribution in [2.45, 2.75) is 19.9 Å². The standard InChI is InChI=1S/C15H23ClN4O/c1-5-17-14-7-11(6-13(16)18-14)15(21)20-8-10(2)12(9-20)19(3)4/h6-7,10,12H,5,8-9H2,1-4H3,(H,17,18). The number of hydrogen-bond acceptors (Lipinski definition) is 4. The molecule has 1 amide bonds. The Labute approximate surface area is 131 Å². The maximum atomic E-state index is 12.7. The van der Waals surface area contributed by atoms with Crippen molar-refractivity contribution in [3.63, 3.8) is 0 Å². The van der Waals surface area contributed by atoms with Crippen LogP contribution in [0.2, 0.25) is 5.15 Å². The lowest BCUT2D eigenvalue weighted by atomic mass is 10.1. The van der Waals surface area contributed by atoms with E-state index in [1.54, 1.807) is 12.1 Å². The summed E-state index contributed by atoms with van der Waals surface area (Å²) in [6.45, 7) is 6.43. The number of likely N-dealkylation sites (N-methyl/N-ethyl adjacent to an activating group) is 1. The largest absolute Gasteiger partial charge is 0.370 e. The maximum Gasteiger partial charge on any atom is 0.254 e. The molecule has 1 fully saturated rings. The van der Waals surface area contributed by atoms with Crippen molar-refractivity contribution in [1.82, 2.24) is 14.8 Å². The third-order valence-corrected chi connectivity index (χ3v) is 4.12. The number of carbonyl (C=O) groups is 1. The number of rotatable bonds is 4. The summed E-state index contributed by atoms with van der Waals surface area (Å²) in [5.41, 5.74) is 0.595. The first-order valence-corrected chi connectivity index (χ1v) is 7.67. The molecule has 0 spiro atoms. The fraction of sp³-hybridized carbons (Fsp3) is 0.600. The molecule has 1 aliphatic heterocycles. The first kappa shape index (κ1) is 16.0. The summed E-state index contributed by atoms with van der Waals surface area (Å²) in [5.74, 6) is 1.13. The molecule has 2 rings (SSSR count). The molecule has 0 aliphatic carbocycles. The van der Waals surface area contributed by atoms with E-state index in [0.29, 0.717) is 28.5 Å². The average Bonchev–Trinajstić information content (AvgIpc) is 2.80. The number of halogens is 1. The van der Waals surface area contributed by atoms with E-state index in [2.05, 4.69) is 36.2 Å². The molecule has 6 heteroatoms. The first-order chi connectivity index (χ1) is 9.92. The Kier molecular flexibility index (Phi) is 5.06. The van der Waals surface area contributed by atoms with Crippen molar-refractivity contribution in [3.05, 3.63) is 22.8 Å². The van der Waals surface area contributed by atoms with Crippen LogP contribution in [0.4, 0.5) is 5.82 Å². The zero-order chi connectivity index (χ0) is 15.6. The predicted molar refractivity (Wildman–Crippen MR) is 86.0 cm³/mol. The van der Waals surface area contributed by atoms with Gasteiger partial charge in [0.1, 0.15) is 11.0 Å². The Hall–Kier alpha value is -1.33. The molecule has 0 bridgehead atoms. The van der Waals surface area contributed by atoms with Crippen LogP contribution < -0.4 is 5.32 Å². The molecule has 1 aromatic rings. The molecular formula is C15H23ClN4O. The summed E-state index contributed by atoms with van der Waals surface area (Å²) in [4.78, 5) is 20.9. The topological polar surface area (TPSA) is 48.5 Å². The van der Waals surface area contributed by atoms with E-state index in [9.17, 15) is 4.79 Å². The molecule has 0 saturated carbocycles. The van der Waals surface area contributed by atoms with Crippen LogP contribution in [0.1, 0.15) is 24.2 Å². The molecule has 1 saturated heterocycles. The highest BCUT2D eigenvalue weighted by atomic mass is 35.5. The van der Waals surface area contributed by atoms with Crippen molar-refractivity contribution in [2.24, 2.45) is 5.92 Å². The van der Waals surface area contributed by atoms with Gasteiger partial charge in [-0.3, -0.25) is 4.79 Å². The second-order valence-corrected chi connectivity index (χ2v) is 6.20. The van der Waals surface area contributed by atoms with Crippen LogP contribution in [0, 0.1) is 5.92 Å². The van der Waals surface area contributed by atoms with Crippen LogP contribution in [0.5, 0.6) is 0 Å². The molecule has 1 N–H and O–H groups in total. The van der Waals surface area contributed by atoms with Crippen molar-refractivity contribution in [1.29, 1.82) is 0 Å². The van der Waals surface area contributed by atoms with Crippen molar-refractivity contribution >= 4 is 23.3 Å². The zero-order valence-electron chi connectivity index (χ0n) is 13.1. The highest BCUT2D eigenvalue weighted by molar-refractivity contribution is 6.29. The van der Waals surface area contributed by atoms with Gasteiger partial charge in [0.2, 0.25) is 0 Å².